The van der Waals surface area contributed by atoms with Crippen molar-refractivity contribution in [2.24, 2.45) is 28.8 Å². The fraction of sp³-hybridized carbons (Fsp3) is 0.660. The van der Waals surface area contributed by atoms with Gasteiger partial charge in [-0.1, -0.05) is 86.8 Å². The number of aliphatic hydroxyl groups excluding tert-OH is 1. The van der Waals surface area contributed by atoms with E-state index in [1.165, 1.54) is 19.3 Å². The molecule has 13 nitrogen and oxygen atoms in total. The van der Waals surface area contributed by atoms with Crippen LogP contribution in [0.4, 0.5) is 0 Å². The smallest absolute Gasteiger partial charge is 0.365 e. The van der Waals surface area contributed by atoms with Crippen LogP contribution in [0.1, 0.15) is 116 Å². The molecule has 1 spiro atoms. The molecular formula is C50H67NO12. The summed E-state index contributed by atoms with van der Waals surface area (Å²) in [4.78, 5) is 33.2. The van der Waals surface area contributed by atoms with Gasteiger partial charge in [0.25, 0.3) is 0 Å². The maximum absolute atomic E-state index is 14.7. The highest BCUT2D eigenvalue weighted by molar-refractivity contribution is 6.07. The van der Waals surface area contributed by atoms with Crippen LogP contribution in [0.15, 0.2) is 82.6 Å². The largest absolute Gasteiger partial charge is 0.462 e. The number of rotatable bonds is 6. The van der Waals surface area contributed by atoms with Crippen LogP contribution >= 0.6 is 0 Å². The second-order valence-electron chi connectivity index (χ2n) is 19.2. The molecule has 1 aromatic carbocycles. The molecule has 2 bridgehead atoms. The van der Waals surface area contributed by atoms with Gasteiger partial charge >= 0.3 is 11.9 Å². The minimum absolute atomic E-state index is 0.0130. The number of fused-ring (bicyclic) bond motifs is 2. The third kappa shape index (κ3) is 9.72. The van der Waals surface area contributed by atoms with Gasteiger partial charge in [0.1, 0.15) is 35.5 Å². The highest BCUT2D eigenvalue weighted by Crippen LogP contribution is 2.48. The number of nitrogens with zero attached hydrogens (tertiary/aromatic N) is 1. The summed E-state index contributed by atoms with van der Waals surface area (Å²) in [6, 6.07) is 8.52. The Morgan fingerprint density at radius 1 is 0.984 bits per heavy atom. The lowest BCUT2D eigenvalue weighted by Gasteiger charge is -2.51. The predicted molar refractivity (Wildman–Crippen MR) is 233 cm³/mol. The van der Waals surface area contributed by atoms with Gasteiger partial charge in [-0.15, -0.1) is 0 Å². The molecular weight excluding hydrogens is 807 g/mol. The molecule has 0 radical (unpaired) electrons. The molecule has 2 aliphatic carbocycles. The second kappa shape index (κ2) is 19.5. The zero-order valence-corrected chi connectivity index (χ0v) is 37.7. The normalized spacial score (nSPS) is 43.1. The van der Waals surface area contributed by atoms with Crippen LogP contribution in [0.5, 0.6) is 0 Å². The zero-order valence-electron chi connectivity index (χ0n) is 37.7. The number of hydrogen-bond acceptors (Lipinski definition) is 13. The molecule has 8 rings (SSSR count). The van der Waals surface area contributed by atoms with Crippen molar-refractivity contribution in [1.82, 2.24) is 0 Å². The summed E-state index contributed by atoms with van der Waals surface area (Å²) in [6.07, 6.45) is 13.9. The fourth-order valence-corrected chi connectivity index (χ4v) is 11.1. The number of methoxy groups -OCH3 is 1. The fourth-order valence-electron chi connectivity index (χ4n) is 11.1. The average Bonchev–Trinajstić information content (AvgIpc) is 3.62. The number of oxime groups is 1. The van der Waals surface area contributed by atoms with Gasteiger partial charge in [0.05, 0.1) is 42.7 Å². The van der Waals surface area contributed by atoms with Gasteiger partial charge in [-0.25, -0.2) is 4.79 Å². The molecule has 1 saturated carbocycles. The van der Waals surface area contributed by atoms with Gasteiger partial charge in [0.2, 0.25) is 0 Å². The van der Waals surface area contributed by atoms with Crippen molar-refractivity contribution in [2.45, 2.75) is 172 Å². The summed E-state index contributed by atoms with van der Waals surface area (Å²) in [5.41, 5.74) is 0.552. The average molecular weight is 874 g/mol. The van der Waals surface area contributed by atoms with Crippen molar-refractivity contribution in [3.05, 3.63) is 83.0 Å². The summed E-state index contributed by atoms with van der Waals surface area (Å²) < 4.78 is 45.6. The van der Waals surface area contributed by atoms with E-state index in [0.29, 0.717) is 60.6 Å². The van der Waals surface area contributed by atoms with Crippen LogP contribution in [-0.4, -0.2) is 108 Å². The van der Waals surface area contributed by atoms with Gasteiger partial charge < -0.3 is 48.2 Å². The van der Waals surface area contributed by atoms with E-state index in [1.54, 1.807) is 56.5 Å². The molecule has 2 N–H and O–H groups in total. The SMILES string of the molecule is COC1CC(OC2/C(C)=C/CC3CC(CC4(CCC(C)C(C5CCCCC5)O4)O3)OC(=O)C3C=C(C)/C(=N\OC(=O)c4ccccc4)C4OC/C(=C\C=C\C2C)C34O)OC(C)C1O. The molecule has 63 heavy (non-hydrogen) atoms. The van der Waals surface area contributed by atoms with Crippen molar-refractivity contribution in [2.75, 3.05) is 13.7 Å². The van der Waals surface area contributed by atoms with E-state index in [-0.39, 0.29) is 30.4 Å². The Labute approximate surface area is 371 Å². The van der Waals surface area contributed by atoms with Crippen molar-refractivity contribution < 1.29 is 57.8 Å². The molecule has 4 saturated heterocycles. The van der Waals surface area contributed by atoms with Gasteiger partial charge in [0, 0.05) is 38.7 Å². The van der Waals surface area contributed by atoms with E-state index in [9.17, 15) is 19.8 Å². The lowest BCUT2D eigenvalue weighted by molar-refractivity contribution is -0.342. The van der Waals surface area contributed by atoms with E-state index in [2.05, 4.69) is 25.1 Å². The molecule has 344 valence electrons. The minimum Gasteiger partial charge on any atom is -0.462 e. The van der Waals surface area contributed by atoms with Crippen LogP contribution in [0.25, 0.3) is 0 Å². The standard InChI is InChI=1S/C50H67NO12/c1-29-14-13-19-36-28-57-46-42(51-63-47(53)35-17-11-8-12-18-35)32(4)24-39(50(36,46)55)48(54)59-38-25-37(21-20-30(2)44(29)60-41-26-40(56-6)43(52)33(5)58-41)61-49(27-38)23-22-31(3)45(62-49)34-15-9-7-10-16-34/h8,11-14,17-20,24,29,31,33-34,37-41,43-46,52,55H,7,9-10,15-16,21-23,25-28H2,1-6H3/b14-13+,30-20+,36-19+,51-42+. The van der Waals surface area contributed by atoms with E-state index in [1.807, 2.05) is 26.0 Å². The molecule has 7 aliphatic rings. The van der Waals surface area contributed by atoms with Crippen molar-refractivity contribution in [3.63, 3.8) is 0 Å². The summed E-state index contributed by atoms with van der Waals surface area (Å²) in [7, 11) is 1.58. The molecule has 1 aromatic rings. The zero-order chi connectivity index (χ0) is 44.5. The number of ether oxygens (including phenoxy) is 7. The number of hydrogen-bond donors (Lipinski definition) is 2. The van der Waals surface area contributed by atoms with Crippen LogP contribution in [-0.2, 0) is 42.8 Å². The first-order valence-electron chi connectivity index (χ1n) is 23.3. The number of allylic oxidation sites excluding steroid dienone is 2. The number of carbonyl (C=O) groups excluding carboxylic acids is 2. The van der Waals surface area contributed by atoms with Gasteiger partial charge in [-0.2, -0.15) is 0 Å². The summed E-state index contributed by atoms with van der Waals surface area (Å²) in [5, 5.41) is 27.9. The molecule has 0 amide bonds. The molecule has 0 aromatic heterocycles. The topological polar surface area (TPSA) is 161 Å². The van der Waals surface area contributed by atoms with Gasteiger partial charge in [-0.05, 0) is 87.1 Å². The first-order chi connectivity index (χ1) is 30.3. The Hall–Kier alpha value is -3.53. The molecule has 5 heterocycles. The Kier molecular flexibility index (Phi) is 14.3. The monoisotopic (exact) mass is 873 g/mol. The van der Waals surface area contributed by atoms with Crippen molar-refractivity contribution in [3.8, 4) is 0 Å². The Bertz CT molecular complexity index is 1960. The highest BCUT2D eigenvalue weighted by Gasteiger charge is 2.60. The summed E-state index contributed by atoms with van der Waals surface area (Å²) in [6.45, 7) is 9.95. The Morgan fingerprint density at radius 2 is 1.76 bits per heavy atom. The molecule has 14 unspecified atom stereocenters. The highest BCUT2D eigenvalue weighted by atomic mass is 16.7. The van der Waals surface area contributed by atoms with E-state index in [0.717, 1.165) is 24.8 Å². The third-order valence-corrected chi connectivity index (χ3v) is 14.7. The first kappa shape index (κ1) is 46.0. The molecule has 5 fully saturated rings. The van der Waals surface area contributed by atoms with Crippen LogP contribution in [0, 0.1) is 23.7 Å². The molecule has 5 aliphatic heterocycles. The number of benzene rings is 1. The van der Waals surface area contributed by atoms with Crippen LogP contribution in [0.3, 0.4) is 0 Å². The lowest BCUT2D eigenvalue weighted by Crippen LogP contribution is -2.57. The quantitative estimate of drug-likeness (QED) is 0.126. The van der Waals surface area contributed by atoms with E-state index in [4.69, 9.17) is 38.0 Å². The number of aliphatic hydroxyl groups is 2. The third-order valence-electron chi connectivity index (χ3n) is 14.7. The maximum atomic E-state index is 14.7. The maximum Gasteiger partial charge on any atom is 0.365 e. The van der Waals surface area contributed by atoms with Crippen molar-refractivity contribution >= 4 is 17.7 Å². The van der Waals surface area contributed by atoms with E-state index >= 15 is 0 Å². The molecule has 13 heteroatoms. The van der Waals surface area contributed by atoms with Crippen LogP contribution in [0.2, 0.25) is 0 Å². The Morgan fingerprint density at radius 3 is 2.52 bits per heavy atom. The van der Waals surface area contributed by atoms with Crippen LogP contribution < -0.4 is 0 Å². The van der Waals surface area contributed by atoms with Gasteiger partial charge in [0.15, 0.2) is 12.1 Å². The predicted octanol–water partition coefficient (Wildman–Crippen LogP) is 7.45. The first-order valence-corrected chi connectivity index (χ1v) is 23.3. The van der Waals surface area contributed by atoms with E-state index < -0.39 is 72.2 Å². The van der Waals surface area contributed by atoms with Gasteiger partial charge in [-0.3, -0.25) is 4.79 Å². The second-order valence-corrected chi connectivity index (χ2v) is 19.2. The number of carbonyl (C=O) groups is 2. The van der Waals surface area contributed by atoms with Crippen molar-refractivity contribution in [1.29, 1.82) is 0 Å². The summed E-state index contributed by atoms with van der Waals surface area (Å²) >= 11 is 0. The summed E-state index contributed by atoms with van der Waals surface area (Å²) in [5.74, 6) is -2.71. The Balaban J connectivity index is 1.15. The number of esters is 1. The molecule has 14 atom stereocenters. The lowest BCUT2D eigenvalue weighted by atomic mass is 9.71. The minimum atomic E-state index is -1.92.